The fraction of sp³-hybridized carbons (Fsp3) is 0.200. The molecule has 0 heterocycles. The first-order valence-corrected chi connectivity index (χ1v) is 6.50. The number of benzene rings is 2. The normalized spacial score (nSPS) is 10.2. The Labute approximate surface area is 111 Å². The van der Waals surface area contributed by atoms with Crippen LogP contribution >= 0.6 is 15.9 Å². The van der Waals surface area contributed by atoms with Crippen molar-refractivity contribution < 1.29 is 4.74 Å². The predicted octanol–water partition coefficient (Wildman–Crippen LogP) is 4.71. The van der Waals surface area contributed by atoms with Crippen LogP contribution in [-0.2, 0) is 0 Å². The molecular formula is C15H14BrO. The molecule has 0 saturated heterocycles. The highest BCUT2D eigenvalue weighted by Gasteiger charge is 2.09. The van der Waals surface area contributed by atoms with Crippen LogP contribution in [0.5, 0.6) is 5.75 Å². The van der Waals surface area contributed by atoms with Gasteiger partial charge in [-0.05, 0) is 46.1 Å². The van der Waals surface area contributed by atoms with Crippen molar-refractivity contribution >= 4 is 15.9 Å². The van der Waals surface area contributed by atoms with Gasteiger partial charge in [-0.25, -0.2) is 0 Å². The summed E-state index contributed by atoms with van der Waals surface area (Å²) >= 11 is 3.54. The van der Waals surface area contributed by atoms with Crippen molar-refractivity contribution in [1.82, 2.24) is 0 Å². The van der Waals surface area contributed by atoms with E-state index in [-0.39, 0.29) is 0 Å². The molecule has 0 bridgehead atoms. The first kappa shape index (κ1) is 12.2. The van der Waals surface area contributed by atoms with Gasteiger partial charge in [-0.2, -0.15) is 0 Å². The van der Waals surface area contributed by atoms with E-state index in [9.17, 15) is 0 Å². The zero-order valence-electron chi connectivity index (χ0n) is 9.74. The lowest BCUT2D eigenvalue weighted by Crippen LogP contribution is -1.97. The summed E-state index contributed by atoms with van der Waals surface area (Å²) in [5.74, 6) is 0.911. The molecule has 0 amide bonds. The third-order valence-corrected chi connectivity index (χ3v) is 3.06. The Morgan fingerprint density at radius 3 is 2.82 bits per heavy atom. The maximum absolute atomic E-state index is 5.81. The molecule has 2 aromatic rings. The summed E-state index contributed by atoms with van der Waals surface area (Å²) in [4.78, 5) is 0. The largest absolute Gasteiger partial charge is 0.492 e. The van der Waals surface area contributed by atoms with Gasteiger partial charge in [-0.15, -0.1) is 0 Å². The van der Waals surface area contributed by atoms with Gasteiger partial charge in [-0.3, -0.25) is 0 Å². The minimum Gasteiger partial charge on any atom is -0.492 e. The van der Waals surface area contributed by atoms with Crippen LogP contribution in [-0.4, -0.2) is 6.61 Å². The van der Waals surface area contributed by atoms with Crippen molar-refractivity contribution in [2.75, 3.05) is 6.61 Å². The lowest BCUT2D eigenvalue weighted by atomic mass is 10.1. The molecule has 0 aromatic heterocycles. The third-order valence-electron chi connectivity index (χ3n) is 2.44. The molecule has 1 radical (unpaired) electrons. The minimum atomic E-state index is 0.728. The minimum absolute atomic E-state index is 0.728. The topological polar surface area (TPSA) is 9.23 Å². The van der Waals surface area contributed by atoms with Gasteiger partial charge >= 0.3 is 0 Å². The molecule has 0 N–H and O–H groups in total. The van der Waals surface area contributed by atoms with Gasteiger partial charge in [0.15, 0.2) is 0 Å². The standard InChI is InChI=1S/C15H14BrO/c1-2-11-17-15-13(9-6-10-14(15)16)12-7-4-3-5-8-12/h3-4,6-10H,2,11H2,1H3. The van der Waals surface area contributed by atoms with E-state index in [0.717, 1.165) is 34.4 Å². The van der Waals surface area contributed by atoms with E-state index in [0.29, 0.717) is 0 Å². The molecule has 87 valence electrons. The molecule has 0 spiro atoms. The molecule has 0 atom stereocenters. The Morgan fingerprint density at radius 1 is 1.24 bits per heavy atom. The van der Waals surface area contributed by atoms with E-state index in [2.05, 4.69) is 41.1 Å². The Balaban J connectivity index is 2.43. The van der Waals surface area contributed by atoms with Crippen molar-refractivity contribution in [1.29, 1.82) is 0 Å². The summed E-state index contributed by atoms with van der Waals surface area (Å²) in [6, 6.07) is 17.1. The maximum atomic E-state index is 5.81. The van der Waals surface area contributed by atoms with Crippen LogP contribution in [0.15, 0.2) is 46.9 Å². The van der Waals surface area contributed by atoms with E-state index < -0.39 is 0 Å². The van der Waals surface area contributed by atoms with Crippen LogP contribution in [0, 0.1) is 6.07 Å². The Kier molecular flexibility index (Phi) is 4.21. The molecule has 0 aliphatic carbocycles. The predicted molar refractivity (Wildman–Crippen MR) is 74.2 cm³/mol. The zero-order valence-corrected chi connectivity index (χ0v) is 11.3. The van der Waals surface area contributed by atoms with Crippen LogP contribution in [0.3, 0.4) is 0 Å². The molecule has 0 fully saturated rings. The second-order valence-electron chi connectivity index (χ2n) is 3.76. The molecule has 0 aliphatic heterocycles. The van der Waals surface area contributed by atoms with Crippen molar-refractivity contribution in [3.8, 4) is 16.9 Å². The summed E-state index contributed by atoms with van der Waals surface area (Å²) < 4.78 is 6.80. The van der Waals surface area contributed by atoms with Gasteiger partial charge in [0.2, 0.25) is 0 Å². The summed E-state index contributed by atoms with van der Waals surface area (Å²) in [7, 11) is 0. The van der Waals surface area contributed by atoms with Gasteiger partial charge in [0.1, 0.15) is 5.75 Å². The highest BCUT2D eigenvalue weighted by molar-refractivity contribution is 9.10. The highest BCUT2D eigenvalue weighted by atomic mass is 79.9. The number of hydrogen-bond acceptors (Lipinski definition) is 1. The van der Waals surface area contributed by atoms with E-state index in [1.165, 1.54) is 0 Å². The SMILES string of the molecule is CCCOc1c(Br)cccc1-c1c[c]ccc1. The Hall–Kier alpha value is -1.28. The quantitative estimate of drug-likeness (QED) is 0.792. The Bertz CT molecular complexity index is 480. The van der Waals surface area contributed by atoms with Crippen LogP contribution in [0.2, 0.25) is 0 Å². The van der Waals surface area contributed by atoms with Crippen molar-refractivity contribution in [2.24, 2.45) is 0 Å². The van der Waals surface area contributed by atoms with Crippen LogP contribution in [0.25, 0.3) is 11.1 Å². The van der Waals surface area contributed by atoms with Crippen molar-refractivity contribution in [2.45, 2.75) is 13.3 Å². The molecule has 0 unspecified atom stereocenters. The van der Waals surface area contributed by atoms with Gasteiger partial charge in [-0.1, -0.05) is 37.3 Å². The fourth-order valence-electron chi connectivity index (χ4n) is 1.65. The lowest BCUT2D eigenvalue weighted by molar-refractivity contribution is 0.317. The van der Waals surface area contributed by atoms with E-state index in [4.69, 9.17) is 4.74 Å². The highest BCUT2D eigenvalue weighted by Crippen LogP contribution is 2.36. The third kappa shape index (κ3) is 2.89. The van der Waals surface area contributed by atoms with Gasteiger partial charge < -0.3 is 4.74 Å². The van der Waals surface area contributed by atoms with Gasteiger partial charge in [0.25, 0.3) is 0 Å². The first-order chi connectivity index (χ1) is 8.33. The first-order valence-electron chi connectivity index (χ1n) is 5.70. The van der Waals surface area contributed by atoms with Crippen LogP contribution in [0.4, 0.5) is 0 Å². The molecule has 2 aromatic carbocycles. The van der Waals surface area contributed by atoms with Crippen molar-refractivity contribution in [3.05, 3.63) is 53.0 Å². The fourth-order valence-corrected chi connectivity index (χ4v) is 2.13. The smallest absolute Gasteiger partial charge is 0.141 e. The number of para-hydroxylation sites is 1. The average molecular weight is 290 g/mol. The molecule has 17 heavy (non-hydrogen) atoms. The lowest BCUT2D eigenvalue weighted by Gasteiger charge is -2.12. The van der Waals surface area contributed by atoms with Gasteiger partial charge in [0, 0.05) is 5.56 Å². The van der Waals surface area contributed by atoms with Crippen LogP contribution in [0.1, 0.15) is 13.3 Å². The van der Waals surface area contributed by atoms with Crippen molar-refractivity contribution in [3.63, 3.8) is 0 Å². The van der Waals surface area contributed by atoms with Crippen LogP contribution < -0.4 is 4.74 Å². The molecule has 0 saturated carbocycles. The zero-order chi connectivity index (χ0) is 12.1. The van der Waals surface area contributed by atoms with E-state index in [1.807, 2.05) is 30.3 Å². The summed E-state index contributed by atoms with van der Waals surface area (Å²) in [6.45, 7) is 2.83. The average Bonchev–Trinajstić information content (AvgIpc) is 2.38. The Morgan fingerprint density at radius 2 is 2.12 bits per heavy atom. The number of halogens is 1. The molecule has 1 nitrogen and oxygen atoms in total. The molecular weight excluding hydrogens is 276 g/mol. The second kappa shape index (κ2) is 5.87. The number of rotatable bonds is 4. The summed E-state index contributed by atoms with van der Waals surface area (Å²) in [5, 5.41) is 0. The number of ether oxygens (including phenoxy) is 1. The molecule has 2 heteroatoms. The van der Waals surface area contributed by atoms with E-state index >= 15 is 0 Å². The molecule has 2 rings (SSSR count). The molecule has 0 aliphatic rings. The summed E-state index contributed by atoms with van der Waals surface area (Å²) in [6.07, 6.45) is 1.00. The number of hydrogen-bond donors (Lipinski definition) is 0. The summed E-state index contributed by atoms with van der Waals surface area (Å²) in [5.41, 5.74) is 2.23. The van der Waals surface area contributed by atoms with Gasteiger partial charge in [0.05, 0.1) is 11.1 Å². The van der Waals surface area contributed by atoms with E-state index in [1.54, 1.807) is 0 Å². The monoisotopic (exact) mass is 289 g/mol. The maximum Gasteiger partial charge on any atom is 0.141 e. The second-order valence-corrected chi connectivity index (χ2v) is 4.61.